The van der Waals surface area contributed by atoms with Crippen molar-refractivity contribution in [2.75, 3.05) is 12.3 Å². The zero-order chi connectivity index (χ0) is 18.6. The summed E-state index contributed by atoms with van der Waals surface area (Å²) >= 11 is 0. The summed E-state index contributed by atoms with van der Waals surface area (Å²) in [5.74, 6) is 1.57. The summed E-state index contributed by atoms with van der Waals surface area (Å²) in [7, 11) is 0. The van der Waals surface area contributed by atoms with Crippen LogP contribution in [-0.4, -0.2) is 33.0 Å². The van der Waals surface area contributed by atoms with Gasteiger partial charge in [0, 0.05) is 12.0 Å². The summed E-state index contributed by atoms with van der Waals surface area (Å²) in [6.45, 7) is 3.33. The van der Waals surface area contributed by atoms with Gasteiger partial charge >= 0.3 is 0 Å². The van der Waals surface area contributed by atoms with E-state index in [1.165, 1.54) is 31.2 Å². The first kappa shape index (κ1) is 17.9. The fourth-order valence-corrected chi connectivity index (χ4v) is 4.23. The number of nitrogen functional groups attached to an aromatic ring is 1. The largest absolute Gasteiger partial charge is 0.384 e. The maximum Gasteiger partial charge on any atom is 0.203 e. The highest BCUT2D eigenvalue weighted by Crippen LogP contribution is 2.32. The lowest BCUT2D eigenvalue weighted by Gasteiger charge is -2.28. The van der Waals surface area contributed by atoms with Gasteiger partial charge in [0.2, 0.25) is 5.65 Å². The van der Waals surface area contributed by atoms with Crippen LogP contribution in [0.5, 0.6) is 0 Å². The molecule has 0 radical (unpaired) electrons. The molecule has 1 atom stereocenters. The number of fused-ring (bicyclic) bond motifs is 1. The number of benzene rings is 1. The number of rotatable bonds is 6. The first-order valence-corrected chi connectivity index (χ1v) is 9.96. The first-order valence-electron chi connectivity index (χ1n) is 9.96. The molecule has 2 aromatic heterocycles. The monoisotopic (exact) mass is 364 g/mol. The topological polar surface area (TPSA) is 92.5 Å². The van der Waals surface area contributed by atoms with E-state index < -0.39 is 0 Å². The normalized spacial score (nSPS) is 21.4. The molecular formula is C21H28N6. The molecule has 0 amide bonds. The van der Waals surface area contributed by atoms with Gasteiger partial charge in [-0.1, -0.05) is 37.3 Å². The molecular weight excluding hydrogens is 336 g/mol. The van der Waals surface area contributed by atoms with E-state index in [1.54, 1.807) is 0 Å². The van der Waals surface area contributed by atoms with Crippen LogP contribution in [0.4, 0.5) is 5.82 Å². The molecule has 0 spiro atoms. The summed E-state index contributed by atoms with van der Waals surface area (Å²) in [4.78, 5) is 4.29. The number of hydrogen-bond donors (Lipinski definition) is 3. The van der Waals surface area contributed by atoms with Crippen LogP contribution in [0, 0.1) is 5.92 Å². The third-order valence-corrected chi connectivity index (χ3v) is 5.80. The van der Waals surface area contributed by atoms with Gasteiger partial charge in [0.05, 0.1) is 0 Å². The van der Waals surface area contributed by atoms with E-state index in [4.69, 9.17) is 5.73 Å². The molecule has 27 heavy (non-hydrogen) atoms. The van der Waals surface area contributed by atoms with Crippen LogP contribution in [-0.2, 0) is 0 Å². The highest BCUT2D eigenvalue weighted by atomic mass is 15.3. The highest BCUT2D eigenvalue weighted by Gasteiger charge is 2.22. The van der Waals surface area contributed by atoms with Crippen molar-refractivity contribution in [3.63, 3.8) is 0 Å². The summed E-state index contributed by atoms with van der Waals surface area (Å²) in [6.07, 6.45) is 6.22. The Kier molecular flexibility index (Phi) is 5.34. The summed E-state index contributed by atoms with van der Waals surface area (Å²) in [6, 6.07) is 13.2. The van der Waals surface area contributed by atoms with Crippen molar-refractivity contribution >= 4 is 17.0 Å². The van der Waals surface area contributed by atoms with E-state index in [-0.39, 0.29) is 5.92 Å². The van der Waals surface area contributed by atoms with Crippen LogP contribution in [0.3, 0.4) is 0 Å². The lowest BCUT2D eigenvalue weighted by Crippen LogP contribution is -2.34. The van der Waals surface area contributed by atoms with Crippen LogP contribution >= 0.6 is 0 Å². The third kappa shape index (κ3) is 4.11. The van der Waals surface area contributed by atoms with Crippen molar-refractivity contribution in [1.29, 1.82) is 0 Å². The number of H-pyrrole nitrogens is 1. The lowest BCUT2D eigenvalue weighted by atomic mass is 9.86. The Balaban J connectivity index is 1.55. The molecule has 0 saturated heterocycles. The Morgan fingerprint density at radius 1 is 1.15 bits per heavy atom. The van der Waals surface area contributed by atoms with E-state index in [1.807, 2.05) is 6.07 Å². The van der Waals surface area contributed by atoms with Gasteiger partial charge < -0.3 is 11.1 Å². The van der Waals surface area contributed by atoms with Gasteiger partial charge in [-0.15, -0.1) is 5.10 Å². The van der Waals surface area contributed by atoms with E-state index in [0.29, 0.717) is 17.5 Å². The zero-order valence-corrected chi connectivity index (χ0v) is 15.9. The van der Waals surface area contributed by atoms with Gasteiger partial charge in [-0.2, -0.15) is 10.3 Å². The smallest absolute Gasteiger partial charge is 0.203 e. The Morgan fingerprint density at radius 2 is 1.93 bits per heavy atom. The molecule has 4 N–H and O–H groups in total. The van der Waals surface area contributed by atoms with Crippen molar-refractivity contribution in [3.05, 3.63) is 47.5 Å². The predicted octanol–water partition coefficient (Wildman–Crippen LogP) is 3.63. The van der Waals surface area contributed by atoms with Crippen LogP contribution in [0.2, 0.25) is 0 Å². The average Bonchev–Trinajstić information content (AvgIpc) is 3.15. The molecule has 1 aliphatic carbocycles. The molecule has 1 aromatic carbocycles. The quantitative estimate of drug-likeness (QED) is 0.621. The standard InChI is InChI=1S/C21H28N6/c1-14-7-9-16(10-8-14)23-12-11-17(15-5-3-2-4-6-15)18-13-19(22)24-21-20(18)25-27-26-21/h2-6,13-14,16-17,23H,7-12H2,1H3,(H3,22,24,25,26,27)/t14?,16?,17-/m1/s1. The number of anilines is 1. The Hall–Kier alpha value is -2.47. The second-order valence-electron chi connectivity index (χ2n) is 7.80. The van der Waals surface area contributed by atoms with Gasteiger partial charge in [-0.25, -0.2) is 4.98 Å². The first-order chi connectivity index (χ1) is 13.2. The predicted molar refractivity (Wildman–Crippen MR) is 108 cm³/mol. The molecule has 0 unspecified atom stereocenters. The Bertz CT molecular complexity index is 867. The molecule has 0 aliphatic heterocycles. The second kappa shape index (κ2) is 8.05. The van der Waals surface area contributed by atoms with Crippen molar-refractivity contribution in [2.45, 2.75) is 51.0 Å². The van der Waals surface area contributed by atoms with E-state index in [0.717, 1.165) is 30.0 Å². The van der Waals surface area contributed by atoms with Gasteiger partial charge in [0.15, 0.2) is 0 Å². The fraction of sp³-hybridized carbons (Fsp3) is 0.476. The van der Waals surface area contributed by atoms with Gasteiger partial charge in [0.1, 0.15) is 11.3 Å². The highest BCUT2D eigenvalue weighted by molar-refractivity contribution is 5.77. The van der Waals surface area contributed by atoms with Crippen molar-refractivity contribution in [1.82, 2.24) is 25.7 Å². The molecule has 142 valence electrons. The third-order valence-electron chi connectivity index (χ3n) is 5.80. The summed E-state index contributed by atoms with van der Waals surface area (Å²) in [5.41, 5.74) is 9.81. The second-order valence-corrected chi connectivity index (χ2v) is 7.80. The van der Waals surface area contributed by atoms with Crippen LogP contribution in [0.25, 0.3) is 11.2 Å². The number of nitrogens with two attached hydrogens (primary N) is 1. The van der Waals surface area contributed by atoms with Gasteiger partial charge in [-0.05, 0) is 61.8 Å². The van der Waals surface area contributed by atoms with Crippen molar-refractivity contribution in [3.8, 4) is 0 Å². The molecule has 1 fully saturated rings. The van der Waals surface area contributed by atoms with Crippen LogP contribution in [0.1, 0.15) is 56.1 Å². The molecule has 1 saturated carbocycles. The lowest BCUT2D eigenvalue weighted by molar-refractivity contribution is 0.306. The number of nitrogens with zero attached hydrogens (tertiary/aromatic N) is 3. The number of pyridine rings is 1. The minimum absolute atomic E-state index is 0.208. The van der Waals surface area contributed by atoms with E-state index >= 15 is 0 Å². The SMILES string of the molecule is CC1CCC(NCC[C@H](c2ccccc2)c2cc(N)nc3n[nH]nc23)CC1. The number of hydrogen-bond acceptors (Lipinski definition) is 5. The number of nitrogens with one attached hydrogen (secondary N) is 2. The molecule has 1 aliphatic rings. The van der Waals surface area contributed by atoms with Crippen LogP contribution < -0.4 is 11.1 Å². The summed E-state index contributed by atoms with van der Waals surface area (Å²) in [5, 5.41) is 14.9. The minimum Gasteiger partial charge on any atom is -0.384 e. The fourth-order valence-electron chi connectivity index (χ4n) is 4.23. The molecule has 0 bridgehead atoms. The zero-order valence-electron chi connectivity index (χ0n) is 15.9. The Labute approximate surface area is 160 Å². The number of aromatic nitrogens is 4. The maximum absolute atomic E-state index is 6.05. The molecule has 2 heterocycles. The molecule has 4 rings (SSSR count). The molecule has 3 aromatic rings. The maximum atomic E-state index is 6.05. The Morgan fingerprint density at radius 3 is 2.70 bits per heavy atom. The molecule has 6 heteroatoms. The average molecular weight is 364 g/mol. The van der Waals surface area contributed by atoms with Crippen LogP contribution in [0.15, 0.2) is 36.4 Å². The van der Waals surface area contributed by atoms with Crippen molar-refractivity contribution in [2.24, 2.45) is 5.92 Å². The minimum atomic E-state index is 0.208. The van der Waals surface area contributed by atoms with Gasteiger partial charge in [-0.3, -0.25) is 0 Å². The van der Waals surface area contributed by atoms with Crippen molar-refractivity contribution < 1.29 is 0 Å². The summed E-state index contributed by atoms with van der Waals surface area (Å²) < 4.78 is 0. The van der Waals surface area contributed by atoms with E-state index in [2.05, 4.69) is 63.0 Å². The number of aromatic amines is 1. The van der Waals surface area contributed by atoms with E-state index in [9.17, 15) is 0 Å². The van der Waals surface area contributed by atoms with Gasteiger partial charge in [0.25, 0.3) is 0 Å². The molecule has 6 nitrogen and oxygen atoms in total.